The number of hydrogen-bond donors (Lipinski definition) is 0. The van der Waals surface area contributed by atoms with Crippen molar-refractivity contribution in [3.05, 3.63) is 60.2 Å². The smallest absolute Gasteiger partial charge is 0.238 e. The number of rotatable bonds is 7. The molecule has 2 heteroatoms. The van der Waals surface area contributed by atoms with Gasteiger partial charge in [0, 0.05) is 6.92 Å². The highest BCUT2D eigenvalue weighted by molar-refractivity contribution is 5.31. The highest BCUT2D eigenvalue weighted by atomic mass is 16.7. The van der Waals surface area contributed by atoms with E-state index in [1.165, 1.54) is 12.0 Å². The second kappa shape index (κ2) is 8.42. The highest BCUT2D eigenvalue weighted by Crippen LogP contribution is 2.42. The molecule has 3 unspecified atom stereocenters. The second-order valence-electron chi connectivity index (χ2n) is 7.91. The van der Waals surface area contributed by atoms with E-state index in [1.807, 2.05) is 37.3 Å². The molecule has 0 aliphatic rings. The van der Waals surface area contributed by atoms with Crippen LogP contribution in [0, 0.1) is 11.3 Å². The van der Waals surface area contributed by atoms with Crippen molar-refractivity contribution in [2.45, 2.75) is 60.2 Å². The van der Waals surface area contributed by atoms with Crippen molar-refractivity contribution in [1.82, 2.24) is 0 Å². The summed E-state index contributed by atoms with van der Waals surface area (Å²) in [6, 6.07) is 18.3. The Bertz CT molecular complexity index is 625. The molecule has 2 rings (SSSR count). The van der Waals surface area contributed by atoms with Gasteiger partial charge in [0.25, 0.3) is 0 Å². The molecule has 0 fully saturated rings. The number of hydrogen-bond acceptors (Lipinski definition) is 2. The maximum atomic E-state index is 5.90. The summed E-state index contributed by atoms with van der Waals surface area (Å²) < 4.78 is 11.7. The summed E-state index contributed by atoms with van der Waals surface area (Å²) in [5.74, 6) is 2.83. The van der Waals surface area contributed by atoms with Gasteiger partial charge in [-0.1, -0.05) is 71.4 Å². The molecule has 0 amide bonds. The van der Waals surface area contributed by atoms with E-state index in [2.05, 4.69) is 58.9 Å². The van der Waals surface area contributed by atoms with Gasteiger partial charge in [-0.05, 0) is 47.1 Å². The third-order valence-corrected chi connectivity index (χ3v) is 4.73. The van der Waals surface area contributed by atoms with Gasteiger partial charge in [0.1, 0.15) is 11.5 Å². The van der Waals surface area contributed by atoms with Gasteiger partial charge in [0.05, 0.1) is 0 Å². The van der Waals surface area contributed by atoms with Crippen LogP contribution >= 0.6 is 0 Å². The molecule has 2 aromatic carbocycles. The summed E-state index contributed by atoms with van der Waals surface area (Å²) >= 11 is 0. The van der Waals surface area contributed by atoms with Gasteiger partial charge in [-0.25, -0.2) is 0 Å². The summed E-state index contributed by atoms with van der Waals surface area (Å²) in [5.41, 5.74) is 1.62. The predicted octanol–water partition coefficient (Wildman–Crippen LogP) is 6.67. The Kier molecular flexibility index (Phi) is 6.52. The average molecular weight is 341 g/mol. The molecule has 0 aromatic heterocycles. The van der Waals surface area contributed by atoms with Gasteiger partial charge in [0.2, 0.25) is 6.29 Å². The van der Waals surface area contributed by atoms with Crippen LogP contribution in [0.2, 0.25) is 0 Å². The molecular formula is C23H32O2. The van der Waals surface area contributed by atoms with Crippen LogP contribution in [0.1, 0.15) is 59.4 Å². The van der Waals surface area contributed by atoms with Crippen LogP contribution < -0.4 is 9.47 Å². The van der Waals surface area contributed by atoms with E-state index in [-0.39, 0.29) is 11.7 Å². The number of ether oxygens (including phenoxy) is 2. The Hall–Kier alpha value is -1.96. The van der Waals surface area contributed by atoms with E-state index in [4.69, 9.17) is 9.47 Å². The van der Waals surface area contributed by atoms with E-state index in [9.17, 15) is 0 Å². The van der Waals surface area contributed by atoms with Gasteiger partial charge >= 0.3 is 0 Å². The minimum absolute atomic E-state index is 0.238. The van der Waals surface area contributed by atoms with Crippen LogP contribution in [-0.4, -0.2) is 6.29 Å². The molecule has 25 heavy (non-hydrogen) atoms. The summed E-state index contributed by atoms with van der Waals surface area (Å²) in [5, 5.41) is 0. The molecule has 0 radical (unpaired) electrons. The zero-order chi connectivity index (χ0) is 18.4. The minimum Gasteiger partial charge on any atom is -0.455 e. The van der Waals surface area contributed by atoms with Gasteiger partial charge < -0.3 is 9.47 Å². The van der Waals surface area contributed by atoms with Gasteiger partial charge in [-0.15, -0.1) is 0 Å². The van der Waals surface area contributed by atoms with E-state index < -0.39 is 0 Å². The Morgan fingerprint density at radius 2 is 1.32 bits per heavy atom. The van der Waals surface area contributed by atoms with Crippen LogP contribution in [0.25, 0.3) is 0 Å². The van der Waals surface area contributed by atoms with E-state index in [0.717, 1.165) is 11.5 Å². The molecular weight excluding hydrogens is 308 g/mol. The van der Waals surface area contributed by atoms with Crippen LogP contribution in [0.5, 0.6) is 11.5 Å². The first-order chi connectivity index (χ1) is 11.8. The van der Waals surface area contributed by atoms with Crippen molar-refractivity contribution in [1.29, 1.82) is 0 Å². The molecule has 0 saturated carbocycles. The van der Waals surface area contributed by atoms with E-state index in [1.54, 1.807) is 0 Å². The van der Waals surface area contributed by atoms with Gasteiger partial charge in [-0.2, -0.15) is 0 Å². The molecule has 0 bridgehead atoms. The monoisotopic (exact) mass is 340 g/mol. The van der Waals surface area contributed by atoms with Crippen molar-refractivity contribution >= 4 is 0 Å². The molecule has 0 heterocycles. The Labute approximate surface area is 153 Å². The lowest BCUT2D eigenvalue weighted by atomic mass is 9.69. The quantitative estimate of drug-likeness (QED) is 0.524. The second-order valence-corrected chi connectivity index (χ2v) is 7.91. The van der Waals surface area contributed by atoms with Gasteiger partial charge in [0.15, 0.2) is 0 Å². The van der Waals surface area contributed by atoms with Crippen LogP contribution in [-0.2, 0) is 0 Å². The molecule has 2 nitrogen and oxygen atoms in total. The lowest BCUT2D eigenvalue weighted by Gasteiger charge is -2.36. The number of benzene rings is 2. The fourth-order valence-electron chi connectivity index (χ4n) is 3.58. The largest absolute Gasteiger partial charge is 0.455 e. The third kappa shape index (κ3) is 5.52. The molecule has 2 aromatic rings. The maximum absolute atomic E-state index is 5.90. The SMILES string of the molecule is CCC(C)C(c1ccc(OC(C)Oc2ccccc2)cc1)C(C)(C)C. The number of para-hydroxylation sites is 1. The minimum atomic E-state index is -0.332. The van der Waals surface area contributed by atoms with E-state index >= 15 is 0 Å². The normalized spacial score (nSPS) is 15.3. The van der Waals surface area contributed by atoms with E-state index in [0.29, 0.717) is 11.8 Å². The van der Waals surface area contributed by atoms with Crippen molar-refractivity contribution in [3.63, 3.8) is 0 Å². The lowest BCUT2D eigenvalue weighted by molar-refractivity contribution is 0.0223. The van der Waals surface area contributed by atoms with Crippen LogP contribution in [0.3, 0.4) is 0 Å². The van der Waals surface area contributed by atoms with Crippen LogP contribution in [0.4, 0.5) is 0 Å². The summed E-state index contributed by atoms with van der Waals surface area (Å²) in [4.78, 5) is 0. The highest BCUT2D eigenvalue weighted by Gasteiger charge is 2.30. The first-order valence-corrected chi connectivity index (χ1v) is 9.29. The Morgan fingerprint density at radius 3 is 1.80 bits per heavy atom. The van der Waals surface area contributed by atoms with Crippen molar-refractivity contribution in [2.75, 3.05) is 0 Å². The molecule has 3 atom stereocenters. The topological polar surface area (TPSA) is 18.5 Å². The van der Waals surface area contributed by atoms with Crippen molar-refractivity contribution in [3.8, 4) is 11.5 Å². The molecule has 0 spiro atoms. The maximum Gasteiger partial charge on any atom is 0.238 e. The standard InChI is InChI=1S/C23H32O2/c1-7-17(2)22(23(4,5)6)19-13-15-21(16-14-19)25-18(3)24-20-11-9-8-10-12-20/h8-18,22H,7H2,1-6H3. The molecule has 0 aliphatic heterocycles. The van der Waals surface area contributed by atoms with Crippen molar-refractivity contribution < 1.29 is 9.47 Å². The Balaban J connectivity index is 2.05. The third-order valence-electron chi connectivity index (χ3n) is 4.73. The average Bonchev–Trinajstić information content (AvgIpc) is 2.56. The van der Waals surface area contributed by atoms with Gasteiger partial charge in [-0.3, -0.25) is 0 Å². The Morgan fingerprint density at radius 1 is 0.800 bits per heavy atom. The van der Waals surface area contributed by atoms with Crippen molar-refractivity contribution in [2.24, 2.45) is 11.3 Å². The first kappa shape index (κ1) is 19.4. The molecule has 0 saturated heterocycles. The molecule has 136 valence electrons. The lowest BCUT2D eigenvalue weighted by Crippen LogP contribution is -2.24. The zero-order valence-electron chi connectivity index (χ0n) is 16.5. The van der Waals surface area contributed by atoms with Crippen LogP contribution in [0.15, 0.2) is 54.6 Å². The fourth-order valence-corrected chi connectivity index (χ4v) is 3.58. The fraction of sp³-hybridized carbons (Fsp3) is 0.478. The molecule has 0 N–H and O–H groups in total. The zero-order valence-corrected chi connectivity index (χ0v) is 16.5. The first-order valence-electron chi connectivity index (χ1n) is 9.29. The summed E-state index contributed by atoms with van der Waals surface area (Å²) in [6.45, 7) is 13.5. The summed E-state index contributed by atoms with van der Waals surface area (Å²) in [7, 11) is 0. The molecule has 0 aliphatic carbocycles. The summed E-state index contributed by atoms with van der Waals surface area (Å²) in [6.07, 6.45) is 0.850. The predicted molar refractivity (Wildman–Crippen MR) is 105 cm³/mol.